The molecule has 2 heterocycles. The van der Waals surface area contributed by atoms with Gasteiger partial charge in [-0.2, -0.15) is 4.98 Å². The zero-order chi connectivity index (χ0) is 14.2. The number of aliphatic hydroxyl groups is 1. The number of aliphatic hydroxyl groups excluding tert-OH is 1. The number of nitrogens with zero attached hydrogens (tertiary/aromatic N) is 2. The Morgan fingerprint density at radius 1 is 1.40 bits per heavy atom. The first-order chi connectivity index (χ1) is 9.63. The van der Waals surface area contributed by atoms with Crippen molar-refractivity contribution in [2.45, 2.75) is 56.8 Å². The van der Waals surface area contributed by atoms with E-state index in [0.29, 0.717) is 24.7 Å². The maximum Gasteiger partial charge on any atom is 0.243 e. The van der Waals surface area contributed by atoms with Gasteiger partial charge in [0.15, 0.2) is 0 Å². The molecule has 2 atom stereocenters. The molecule has 6 heteroatoms. The van der Waals surface area contributed by atoms with Gasteiger partial charge in [-0.1, -0.05) is 12.1 Å². The van der Waals surface area contributed by atoms with E-state index in [1.807, 2.05) is 0 Å². The molecule has 1 aliphatic carbocycles. The lowest BCUT2D eigenvalue weighted by Gasteiger charge is -2.35. The van der Waals surface area contributed by atoms with Crippen molar-refractivity contribution in [1.82, 2.24) is 15.5 Å². The van der Waals surface area contributed by atoms with Gasteiger partial charge >= 0.3 is 0 Å². The third kappa shape index (κ3) is 2.47. The Kier molecular flexibility index (Phi) is 3.79. The third-order valence-electron chi connectivity index (χ3n) is 4.73. The molecule has 1 aliphatic heterocycles. The van der Waals surface area contributed by atoms with Gasteiger partial charge in [0.25, 0.3) is 0 Å². The molecule has 0 aromatic carbocycles. The molecule has 3 rings (SSSR count). The Morgan fingerprint density at radius 3 is 2.75 bits per heavy atom. The van der Waals surface area contributed by atoms with E-state index < -0.39 is 5.60 Å². The number of nitrogens with one attached hydrogen (secondary N) is 1. The van der Waals surface area contributed by atoms with Crippen LogP contribution in [0.25, 0.3) is 0 Å². The zero-order valence-electron chi connectivity index (χ0n) is 12.1. The van der Waals surface area contributed by atoms with Gasteiger partial charge in [-0.25, -0.2) is 0 Å². The van der Waals surface area contributed by atoms with Gasteiger partial charge in [0, 0.05) is 13.7 Å². The maximum atomic E-state index is 9.57. The van der Waals surface area contributed by atoms with Gasteiger partial charge < -0.3 is 19.7 Å². The first kappa shape index (κ1) is 14.0. The average molecular weight is 281 g/mol. The summed E-state index contributed by atoms with van der Waals surface area (Å²) >= 11 is 0. The minimum absolute atomic E-state index is 0.0392. The van der Waals surface area contributed by atoms with Crippen LogP contribution in [0, 0.1) is 5.92 Å². The average Bonchev–Trinajstić information content (AvgIpc) is 3.09. The first-order valence-electron chi connectivity index (χ1n) is 7.43. The second-order valence-electron chi connectivity index (χ2n) is 6.19. The van der Waals surface area contributed by atoms with E-state index in [4.69, 9.17) is 9.26 Å². The second kappa shape index (κ2) is 5.42. The van der Waals surface area contributed by atoms with Crippen LogP contribution in [0.15, 0.2) is 4.52 Å². The van der Waals surface area contributed by atoms with Crippen molar-refractivity contribution in [3.63, 3.8) is 0 Å². The summed E-state index contributed by atoms with van der Waals surface area (Å²) in [7, 11) is 1.73. The fourth-order valence-corrected chi connectivity index (χ4v) is 3.21. The second-order valence-corrected chi connectivity index (χ2v) is 6.19. The van der Waals surface area contributed by atoms with Crippen LogP contribution in [0.5, 0.6) is 0 Å². The van der Waals surface area contributed by atoms with Gasteiger partial charge in [-0.3, -0.25) is 0 Å². The van der Waals surface area contributed by atoms with Crippen LogP contribution < -0.4 is 5.32 Å². The number of methoxy groups -OCH3 is 1. The van der Waals surface area contributed by atoms with Crippen LogP contribution in [-0.4, -0.2) is 35.0 Å². The first-order valence-corrected chi connectivity index (χ1v) is 7.43. The quantitative estimate of drug-likeness (QED) is 0.874. The van der Waals surface area contributed by atoms with Crippen LogP contribution >= 0.6 is 0 Å². The number of β-amino-alcohol motifs (C(OH)–C–C–N with tert-alkyl or cyclic N) is 1. The molecule has 2 N–H and O–H groups in total. The van der Waals surface area contributed by atoms with Crippen LogP contribution in [-0.2, 0) is 10.3 Å². The molecule has 0 bridgehead atoms. The molecule has 0 unspecified atom stereocenters. The molecule has 0 amide bonds. The Morgan fingerprint density at radius 2 is 2.15 bits per heavy atom. The van der Waals surface area contributed by atoms with Crippen molar-refractivity contribution in [3.05, 3.63) is 11.7 Å². The molecular formula is C14H23N3O3. The van der Waals surface area contributed by atoms with Gasteiger partial charge in [0.2, 0.25) is 11.7 Å². The Bertz CT molecular complexity index is 454. The third-order valence-corrected chi connectivity index (χ3v) is 4.73. The zero-order valence-corrected chi connectivity index (χ0v) is 12.1. The molecule has 6 nitrogen and oxygen atoms in total. The summed E-state index contributed by atoms with van der Waals surface area (Å²) < 4.78 is 11.1. The topological polar surface area (TPSA) is 80.4 Å². The van der Waals surface area contributed by atoms with E-state index in [0.717, 1.165) is 31.6 Å². The van der Waals surface area contributed by atoms with E-state index in [9.17, 15) is 5.11 Å². The summed E-state index contributed by atoms with van der Waals surface area (Å²) in [6, 6.07) is -0.0392. The van der Waals surface area contributed by atoms with Crippen LogP contribution in [0.2, 0.25) is 0 Å². The van der Waals surface area contributed by atoms with E-state index >= 15 is 0 Å². The van der Waals surface area contributed by atoms with Crippen molar-refractivity contribution < 1.29 is 14.4 Å². The van der Waals surface area contributed by atoms with Crippen LogP contribution in [0.4, 0.5) is 0 Å². The number of rotatable bonds is 3. The van der Waals surface area contributed by atoms with E-state index in [1.165, 1.54) is 0 Å². The molecule has 1 saturated heterocycles. The maximum absolute atomic E-state index is 9.57. The molecule has 0 radical (unpaired) electrons. The largest absolute Gasteiger partial charge is 0.392 e. The number of aromatic nitrogens is 2. The summed E-state index contributed by atoms with van der Waals surface area (Å²) in [5.74, 6) is 1.95. The molecule has 112 valence electrons. The van der Waals surface area contributed by atoms with E-state index in [-0.39, 0.29) is 12.1 Å². The van der Waals surface area contributed by atoms with Crippen molar-refractivity contribution >= 4 is 0 Å². The number of hydrogen-bond donors (Lipinski definition) is 2. The lowest BCUT2D eigenvalue weighted by atomic mass is 9.79. The molecule has 1 saturated carbocycles. The summed E-state index contributed by atoms with van der Waals surface area (Å²) in [5.41, 5.74) is -0.397. The highest BCUT2D eigenvalue weighted by Crippen LogP contribution is 2.41. The molecule has 2 aliphatic rings. The summed E-state index contributed by atoms with van der Waals surface area (Å²) in [6.07, 6.45) is 4.41. The van der Waals surface area contributed by atoms with E-state index in [2.05, 4.69) is 22.4 Å². The molecule has 1 aromatic heterocycles. The number of ether oxygens (including phenoxy) is 1. The van der Waals surface area contributed by atoms with Crippen molar-refractivity contribution in [2.24, 2.45) is 5.92 Å². The normalized spacial score (nSPS) is 38.2. The highest BCUT2D eigenvalue weighted by atomic mass is 16.5. The highest BCUT2D eigenvalue weighted by molar-refractivity contribution is 5.06. The Balaban J connectivity index is 1.78. The van der Waals surface area contributed by atoms with E-state index in [1.54, 1.807) is 7.11 Å². The fourth-order valence-electron chi connectivity index (χ4n) is 3.21. The molecule has 0 spiro atoms. The van der Waals surface area contributed by atoms with Gasteiger partial charge in [-0.15, -0.1) is 0 Å². The molecule has 1 aromatic rings. The van der Waals surface area contributed by atoms with Crippen molar-refractivity contribution in [3.8, 4) is 0 Å². The predicted molar refractivity (Wildman–Crippen MR) is 72.0 cm³/mol. The summed E-state index contributed by atoms with van der Waals surface area (Å²) in [6.45, 7) is 2.85. The SMILES string of the molecule is COC1(c2noc([C@@H]3C[C@@H](O)CN3)n2)CCC(C)CC1. The van der Waals surface area contributed by atoms with Gasteiger partial charge in [0.1, 0.15) is 5.60 Å². The smallest absolute Gasteiger partial charge is 0.243 e. The standard InChI is InChI=1S/C14H23N3O3/c1-9-3-5-14(19-2,6-4-9)13-16-12(20-17-13)11-7-10(18)8-15-11/h9-11,15,18H,3-8H2,1-2H3/t9?,10-,11+,14?/m1/s1. The minimum atomic E-state index is -0.397. The molecule has 2 fully saturated rings. The number of hydrogen-bond acceptors (Lipinski definition) is 6. The molecular weight excluding hydrogens is 258 g/mol. The monoisotopic (exact) mass is 281 g/mol. The van der Waals surface area contributed by atoms with Crippen LogP contribution in [0.3, 0.4) is 0 Å². The van der Waals surface area contributed by atoms with Crippen molar-refractivity contribution in [1.29, 1.82) is 0 Å². The van der Waals surface area contributed by atoms with Crippen LogP contribution in [0.1, 0.15) is 56.8 Å². The predicted octanol–water partition coefficient (Wildman–Crippen LogP) is 1.52. The summed E-state index contributed by atoms with van der Waals surface area (Å²) in [5, 5.41) is 16.9. The Labute approximate surface area is 118 Å². The molecule has 20 heavy (non-hydrogen) atoms. The van der Waals surface area contributed by atoms with Gasteiger partial charge in [0.05, 0.1) is 12.1 Å². The Hall–Kier alpha value is -0.980. The summed E-state index contributed by atoms with van der Waals surface area (Å²) in [4.78, 5) is 4.54. The van der Waals surface area contributed by atoms with Gasteiger partial charge in [-0.05, 0) is 38.0 Å². The lowest BCUT2D eigenvalue weighted by Crippen LogP contribution is -2.34. The lowest BCUT2D eigenvalue weighted by molar-refractivity contribution is -0.0609. The fraction of sp³-hybridized carbons (Fsp3) is 0.857. The van der Waals surface area contributed by atoms with Crippen molar-refractivity contribution in [2.75, 3.05) is 13.7 Å². The highest BCUT2D eigenvalue weighted by Gasteiger charge is 2.41. The minimum Gasteiger partial charge on any atom is -0.392 e.